The Morgan fingerprint density at radius 2 is 2.00 bits per heavy atom. The Bertz CT molecular complexity index is 689. The summed E-state index contributed by atoms with van der Waals surface area (Å²) in [6.45, 7) is 3.86. The van der Waals surface area contributed by atoms with Gasteiger partial charge in [-0.15, -0.1) is 0 Å². The van der Waals surface area contributed by atoms with E-state index in [0.29, 0.717) is 40.6 Å². The molecule has 5 heteroatoms. The van der Waals surface area contributed by atoms with Crippen molar-refractivity contribution < 1.29 is 9.53 Å². The van der Waals surface area contributed by atoms with E-state index in [1.54, 1.807) is 6.07 Å². The first-order chi connectivity index (χ1) is 9.13. The third-order valence-corrected chi connectivity index (χ3v) is 3.14. The molecule has 19 heavy (non-hydrogen) atoms. The fraction of sp³-hybridized carbons (Fsp3) is 0.357. The van der Waals surface area contributed by atoms with Crippen LogP contribution in [0.3, 0.4) is 0 Å². The predicted octanol–water partition coefficient (Wildman–Crippen LogP) is 1.83. The number of fused-ring (bicyclic) bond motifs is 1. The standard InChI is InChI=1S/C14H16N2O3/c1-4-9-11-8(6-7-15-13(11)17)12(14(18)19-3)10(5-2)16-9/h6-7H,4-5H2,1-3H3,(H,15,17). The van der Waals surface area contributed by atoms with Crippen molar-refractivity contribution in [3.8, 4) is 0 Å². The number of hydrogen-bond acceptors (Lipinski definition) is 4. The second kappa shape index (κ2) is 5.22. The second-order valence-electron chi connectivity index (χ2n) is 4.17. The van der Waals surface area contributed by atoms with Crippen LogP contribution in [0.1, 0.15) is 35.6 Å². The van der Waals surface area contributed by atoms with Gasteiger partial charge in [0.2, 0.25) is 0 Å². The Balaban J connectivity index is 2.97. The van der Waals surface area contributed by atoms with E-state index in [1.165, 1.54) is 13.3 Å². The Hall–Kier alpha value is -2.17. The SMILES string of the molecule is CCc1nc(CC)c2c(=O)[nH]ccc2c1C(=O)OC. The van der Waals surface area contributed by atoms with E-state index in [4.69, 9.17) is 4.74 Å². The summed E-state index contributed by atoms with van der Waals surface area (Å²) < 4.78 is 4.81. The van der Waals surface area contributed by atoms with Gasteiger partial charge in [-0.2, -0.15) is 0 Å². The lowest BCUT2D eigenvalue weighted by Crippen LogP contribution is -2.15. The largest absolute Gasteiger partial charge is 0.465 e. The van der Waals surface area contributed by atoms with Gasteiger partial charge in [-0.25, -0.2) is 4.79 Å². The van der Waals surface area contributed by atoms with Gasteiger partial charge < -0.3 is 9.72 Å². The van der Waals surface area contributed by atoms with E-state index in [2.05, 4.69) is 9.97 Å². The normalized spacial score (nSPS) is 10.7. The highest BCUT2D eigenvalue weighted by Gasteiger charge is 2.20. The fourth-order valence-corrected chi connectivity index (χ4v) is 2.24. The van der Waals surface area contributed by atoms with Crippen molar-refractivity contribution in [3.05, 3.63) is 39.6 Å². The fourth-order valence-electron chi connectivity index (χ4n) is 2.24. The zero-order chi connectivity index (χ0) is 14.0. The van der Waals surface area contributed by atoms with Crippen molar-refractivity contribution in [2.24, 2.45) is 0 Å². The van der Waals surface area contributed by atoms with Crippen molar-refractivity contribution in [1.82, 2.24) is 9.97 Å². The smallest absolute Gasteiger partial charge is 0.340 e. The molecule has 2 rings (SSSR count). The van der Waals surface area contributed by atoms with Crippen LogP contribution < -0.4 is 5.56 Å². The highest BCUT2D eigenvalue weighted by molar-refractivity contribution is 6.05. The molecule has 0 aromatic carbocycles. The lowest BCUT2D eigenvalue weighted by molar-refractivity contribution is 0.0601. The number of aryl methyl sites for hydroxylation is 2. The maximum atomic E-state index is 12.0. The average molecular weight is 260 g/mol. The Morgan fingerprint density at radius 3 is 2.58 bits per heavy atom. The minimum atomic E-state index is -0.456. The predicted molar refractivity (Wildman–Crippen MR) is 72.5 cm³/mol. The molecule has 0 fully saturated rings. The molecular formula is C14H16N2O3. The molecule has 2 aromatic rings. The van der Waals surface area contributed by atoms with Crippen molar-refractivity contribution in [2.75, 3.05) is 7.11 Å². The van der Waals surface area contributed by atoms with Gasteiger partial charge in [0.1, 0.15) is 0 Å². The minimum absolute atomic E-state index is 0.227. The molecule has 0 unspecified atom stereocenters. The van der Waals surface area contributed by atoms with Crippen LogP contribution in [0.25, 0.3) is 10.8 Å². The summed E-state index contributed by atoms with van der Waals surface area (Å²) in [6.07, 6.45) is 2.79. The van der Waals surface area contributed by atoms with Crippen LogP contribution in [0, 0.1) is 0 Å². The number of pyridine rings is 2. The molecule has 0 saturated carbocycles. The third-order valence-electron chi connectivity index (χ3n) is 3.14. The molecule has 0 amide bonds. The van der Waals surface area contributed by atoms with Gasteiger partial charge in [-0.05, 0) is 18.9 Å². The molecule has 5 nitrogen and oxygen atoms in total. The number of ether oxygens (including phenoxy) is 1. The van der Waals surface area contributed by atoms with Crippen LogP contribution in [-0.4, -0.2) is 23.0 Å². The first-order valence-electron chi connectivity index (χ1n) is 6.25. The zero-order valence-corrected chi connectivity index (χ0v) is 11.2. The third kappa shape index (κ3) is 2.12. The number of hydrogen-bond donors (Lipinski definition) is 1. The number of nitrogens with zero attached hydrogens (tertiary/aromatic N) is 1. The lowest BCUT2D eigenvalue weighted by Gasteiger charge is -2.12. The van der Waals surface area contributed by atoms with E-state index < -0.39 is 5.97 Å². The van der Waals surface area contributed by atoms with Crippen LogP contribution in [0.4, 0.5) is 0 Å². The van der Waals surface area contributed by atoms with Gasteiger partial charge in [0, 0.05) is 11.6 Å². The number of aromatic amines is 1. The molecule has 0 radical (unpaired) electrons. The first-order valence-corrected chi connectivity index (χ1v) is 6.25. The molecule has 100 valence electrons. The summed E-state index contributed by atoms with van der Waals surface area (Å²) in [6, 6.07) is 1.73. The van der Waals surface area contributed by atoms with E-state index >= 15 is 0 Å². The summed E-state index contributed by atoms with van der Waals surface area (Å²) in [4.78, 5) is 31.0. The molecule has 0 bridgehead atoms. The summed E-state index contributed by atoms with van der Waals surface area (Å²) in [5.41, 5.74) is 1.54. The molecule has 2 heterocycles. The number of nitrogens with one attached hydrogen (secondary N) is 1. The quantitative estimate of drug-likeness (QED) is 0.855. The summed E-state index contributed by atoms with van der Waals surface area (Å²) in [7, 11) is 1.33. The molecule has 0 atom stereocenters. The topological polar surface area (TPSA) is 72.0 Å². The maximum Gasteiger partial charge on any atom is 0.340 e. The van der Waals surface area contributed by atoms with Crippen LogP contribution in [0.15, 0.2) is 17.1 Å². The Labute approximate surface area is 110 Å². The average Bonchev–Trinajstić information content (AvgIpc) is 2.44. The van der Waals surface area contributed by atoms with Crippen molar-refractivity contribution in [1.29, 1.82) is 0 Å². The van der Waals surface area contributed by atoms with Crippen LogP contribution in [0.2, 0.25) is 0 Å². The van der Waals surface area contributed by atoms with Gasteiger partial charge in [-0.3, -0.25) is 9.78 Å². The number of carbonyl (C=O) groups excluding carboxylic acids is 1. The zero-order valence-electron chi connectivity index (χ0n) is 11.2. The molecule has 0 aliphatic carbocycles. The van der Waals surface area contributed by atoms with E-state index in [9.17, 15) is 9.59 Å². The number of esters is 1. The number of H-pyrrole nitrogens is 1. The Kier molecular flexibility index (Phi) is 3.64. The maximum absolute atomic E-state index is 12.0. The van der Waals surface area contributed by atoms with Gasteiger partial charge in [0.15, 0.2) is 0 Å². The van der Waals surface area contributed by atoms with Crippen molar-refractivity contribution in [2.45, 2.75) is 26.7 Å². The monoisotopic (exact) mass is 260 g/mol. The molecule has 0 spiro atoms. The number of aromatic nitrogens is 2. The second-order valence-corrected chi connectivity index (χ2v) is 4.17. The molecule has 0 saturated heterocycles. The summed E-state index contributed by atoms with van der Waals surface area (Å²) in [5.74, 6) is -0.456. The summed E-state index contributed by atoms with van der Waals surface area (Å²) in [5, 5.41) is 1.09. The van der Waals surface area contributed by atoms with Gasteiger partial charge >= 0.3 is 5.97 Å². The van der Waals surface area contributed by atoms with Gasteiger partial charge in [0.05, 0.1) is 29.4 Å². The van der Waals surface area contributed by atoms with Crippen LogP contribution in [0.5, 0.6) is 0 Å². The highest BCUT2D eigenvalue weighted by Crippen LogP contribution is 2.22. The molecule has 0 aliphatic heterocycles. The Morgan fingerprint density at radius 1 is 1.32 bits per heavy atom. The molecule has 1 N–H and O–H groups in total. The van der Waals surface area contributed by atoms with E-state index in [-0.39, 0.29) is 5.56 Å². The molecular weight excluding hydrogens is 244 g/mol. The minimum Gasteiger partial charge on any atom is -0.465 e. The molecule has 0 aliphatic rings. The van der Waals surface area contributed by atoms with Crippen LogP contribution >= 0.6 is 0 Å². The first kappa shape index (κ1) is 13.3. The van der Waals surface area contributed by atoms with Crippen molar-refractivity contribution in [3.63, 3.8) is 0 Å². The van der Waals surface area contributed by atoms with Gasteiger partial charge in [0.25, 0.3) is 5.56 Å². The van der Waals surface area contributed by atoms with Crippen LogP contribution in [-0.2, 0) is 17.6 Å². The number of rotatable bonds is 3. The number of carbonyl (C=O) groups is 1. The lowest BCUT2D eigenvalue weighted by atomic mass is 10.0. The van der Waals surface area contributed by atoms with Gasteiger partial charge in [-0.1, -0.05) is 13.8 Å². The highest BCUT2D eigenvalue weighted by atomic mass is 16.5. The van der Waals surface area contributed by atoms with E-state index in [1.807, 2.05) is 13.8 Å². The molecule has 2 aromatic heterocycles. The van der Waals surface area contributed by atoms with E-state index in [0.717, 1.165) is 0 Å². The number of methoxy groups -OCH3 is 1. The summed E-state index contributed by atoms with van der Waals surface area (Å²) >= 11 is 0. The van der Waals surface area contributed by atoms with Crippen molar-refractivity contribution >= 4 is 16.7 Å².